The molecule has 6 heteroatoms. The summed E-state index contributed by atoms with van der Waals surface area (Å²) in [6.45, 7) is 4.26. The summed E-state index contributed by atoms with van der Waals surface area (Å²) >= 11 is 1.44. The van der Waals surface area contributed by atoms with Crippen LogP contribution in [0.2, 0.25) is 0 Å². The summed E-state index contributed by atoms with van der Waals surface area (Å²) in [6.07, 6.45) is 6.85. The molecular formula is C15H18N4OS. The van der Waals surface area contributed by atoms with Gasteiger partial charge in [0.25, 0.3) is 0 Å². The summed E-state index contributed by atoms with van der Waals surface area (Å²) in [4.78, 5) is 15.9. The standard InChI is InChI=1S/C15H18N4OS/c1-3-11(4-2)14-18-19-15(21-14)17-13(20)9-8-12-7-5-6-10-16-12/h5-11H,3-4H2,1-2H3,(H,17,19,20)/b9-8+. The second kappa shape index (κ2) is 7.64. The molecular weight excluding hydrogens is 284 g/mol. The van der Waals surface area contributed by atoms with Gasteiger partial charge in [-0.05, 0) is 31.1 Å². The molecule has 0 aliphatic carbocycles. The SMILES string of the molecule is CCC(CC)c1nnc(NC(=O)/C=C/c2ccccn2)s1. The van der Waals surface area contributed by atoms with Crippen LogP contribution in [-0.2, 0) is 4.79 Å². The Bertz CT molecular complexity index is 605. The Morgan fingerprint density at radius 3 is 2.81 bits per heavy atom. The molecule has 2 aromatic heterocycles. The molecule has 5 nitrogen and oxygen atoms in total. The predicted molar refractivity (Wildman–Crippen MR) is 85.1 cm³/mol. The molecule has 110 valence electrons. The average molecular weight is 302 g/mol. The Hall–Kier alpha value is -2.08. The molecule has 0 atom stereocenters. The fraction of sp³-hybridized carbons (Fsp3) is 0.333. The number of aromatic nitrogens is 3. The van der Waals surface area contributed by atoms with E-state index in [0.29, 0.717) is 11.0 Å². The Labute approximate surface area is 128 Å². The number of carbonyl (C=O) groups is 1. The lowest BCUT2D eigenvalue weighted by Crippen LogP contribution is -2.07. The van der Waals surface area contributed by atoms with E-state index in [1.54, 1.807) is 12.3 Å². The third kappa shape index (κ3) is 4.46. The molecule has 0 saturated heterocycles. The van der Waals surface area contributed by atoms with Crippen molar-refractivity contribution in [3.8, 4) is 0 Å². The van der Waals surface area contributed by atoms with Crippen molar-refractivity contribution in [2.75, 3.05) is 5.32 Å². The number of pyridine rings is 1. The van der Waals surface area contributed by atoms with Crippen LogP contribution < -0.4 is 5.32 Å². The minimum atomic E-state index is -0.229. The third-order valence-electron chi connectivity index (χ3n) is 3.10. The van der Waals surface area contributed by atoms with Gasteiger partial charge >= 0.3 is 0 Å². The predicted octanol–water partition coefficient (Wildman–Crippen LogP) is 3.49. The summed E-state index contributed by atoms with van der Waals surface area (Å²) in [5, 5.41) is 12.4. The van der Waals surface area contributed by atoms with Crippen LogP contribution in [0.4, 0.5) is 5.13 Å². The molecule has 2 aromatic rings. The Morgan fingerprint density at radius 1 is 1.33 bits per heavy atom. The Kier molecular flexibility index (Phi) is 5.57. The van der Waals surface area contributed by atoms with E-state index in [0.717, 1.165) is 23.5 Å². The number of hydrogen-bond donors (Lipinski definition) is 1. The summed E-state index contributed by atoms with van der Waals surface area (Å²) in [6, 6.07) is 5.54. The zero-order chi connectivity index (χ0) is 15.1. The lowest BCUT2D eigenvalue weighted by atomic mass is 10.1. The van der Waals surface area contributed by atoms with E-state index in [9.17, 15) is 4.79 Å². The summed E-state index contributed by atoms with van der Waals surface area (Å²) in [5.41, 5.74) is 0.739. The van der Waals surface area contributed by atoms with Crippen LogP contribution in [0.25, 0.3) is 6.08 Å². The molecule has 0 unspecified atom stereocenters. The van der Waals surface area contributed by atoms with Crippen molar-refractivity contribution in [2.24, 2.45) is 0 Å². The van der Waals surface area contributed by atoms with E-state index in [-0.39, 0.29) is 5.91 Å². The largest absolute Gasteiger partial charge is 0.297 e. The molecule has 21 heavy (non-hydrogen) atoms. The fourth-order valence-corrected chi connectivity index (χ4v) is 2.88. The van der Waals surface area contributed by atoms with E-state index in [1.165, 1.54) is 17.4 Å². The van der Waals surface area contributed by atoms with Crippen LogP contribution in [0.3, 0.4) is 0 Å². The van der Waals surface area contributed by atoms with Crippen LogP contribution in [0.15, 0.2) is 30.5 Å². The molecule has 1 N–H and O–H groups in total. The molecule has 0 radical (unpaired) electrons. The second-order valence-electron chi connectivity index (χ2n) is 4.54. The van der Waals surface area contributed by atoms with Crippen molar-refractivity contribution in [3.63, 3.8) is 0 Å². The number of anilines is 1. The highest BCUT2D eigenvalue weighted by Crippen LogP contribution is 2.27. The van der Waals surface area contributed by atoms with Crippen molar-refractivity contribution < 1.29 is 4.79 Å². The zero-order valence-corrected chi connectivity index (χ0v) is 12.9. The molecule has 0 fully saturated rings. The highest BCUT2D eigenvalue weighted by molar-refractivity contribution is 7.15. The highest BCUT2D eigenvalue weighted by atomic mass is 32.1. The van der Waals surface area contributed by atoms with E-state index in [2.05, 4.69) is 34.3 Å². The first-order valence-corrected chi connectivity index (χ1v) is 7.78. The maximum atomic E-state index is 11.8. The first-order valence-electron chi connectivity index (χ1n) is 6.96. The molecule has 1 amide bonds. The molecule has 0 spiro atoms. The topological polar surface area (TPSA) is 67.8 Å². The van der Waals surface area contributed by atoms with Crippen LogP contribution >= 0.6 is 11.3 Å². The Balaban J connectivity index is 1.95. The van der Waals surface area contributed by atoms with Crippen LogP contribution in [-0.4, -0.2) is 21.1 Å². The fourth-order valence-electron chi connectivity index (χ4n) is 1.87. The van der Waals surface area contributed by atoms with Gasteiger partial charge in [0.15, 0.2) is 0 Å². The van der Waals surface area contributed by atoms with Gasteiger partial charge in [-0.1, -0.05) is 31.3 Å². The molecule has 0 bridgehead atoms. The smallest absolute Gasteiger partial charge is 0.250 e. The van der Waals surface area contributed by atoms with Gasteiger partial charge in [0.1, 0.15) is 5.01 Å². The summed E-state index contributed by atoms with van der Waals surface area (Å²) in [5.74, 6) is 0.185. The highest BCUT2D eigenvalue weighted by Gasteiger charge is 2.13. The minimum absolute atomic E-state index is 0.229. The molecule has 2 heterocycles. The molecule has 0 aliphatic rings. The molecule has 0 aliphatic heterocycles. The summed E-state index contributed by atoms with van der Waals surface area (Å²) < 4.78 is 0. The molecule has 2 rings (SSSR count). The van der Waals surface area contributed by atoms with Crippen LogP contribution in [0, 0.1) is 0 Å². The maximum absolute atomic E-state index is 11.8. The van der Waals surface area contributed by atoms with Crippen molar-refractivity contribution in [1.82, 2.24) is 15.2 Å². The first-order chi connectivity index (χ1) is 10.2. The number of hydrogen-bond acceptors (Lipinski definition) is 5. The quantitative estimate of drug-likeness (QED) is 0.829. The van der Waals surface area contributed by atoms with Gasteiger partial charge in [-0.15, -0.1) is 10.2 Å². The van der Waals surface area contributed by atoms with Gasteiger partial charge in [0.05, 0.1) is 5.69 Å². The number of amides is 1. The van der Waals surface area contributed by atoms with Crippen molar-refractivity contribution >= 4 is 28.5 Å². The van der Waals surface area contributed by atoms with E-state index < -0.39 is 0 Å². The minimum Gasteiger partial charge on any atom is -0.297 e. The molecule has 0 saturated carbocycles. The lowest BCUT2D eigenvalue weighted by Gasteiger charge is -2.05. The van der Waals surface area contributed by atoms with E-state index >= 15 is 0 Å². The van der Waals surface area contributed by atoms with Crippen LogP contribution in [0.5, 0.6) is 0 Å². The zero-order valence-electron chi connectivity index (χ0n) is 12.1. The van der Waals surface area contributed by atoms with Crippen molar-refractivity contribution in [2.45, 2.75) is 32.6 Å². The first kappa shape index (κ1) is 15.3. The van der Waals surface area contributed by atoms with Gasteiger partial charge in [0, 0.05) is 18.2 Å². The van der Waals surface area contributed by atoms with E-state index in [1.807, 2.05) is 18.2 Å². The third-order valence-corrected chi connectivity index (χ3v) is 4.10. The van der Waals surface area contributed by atoms with Gasteiger partial charge in [-0.25, -0.2) is 0 Å². The monoisotopic (exact) mass is 302 g/mol. The number of nitrogens with one attached hydrogen (secondary N) is 1. The molecule has 0 aromatic carbocycles. The van der Waals surface area contributed by atoms with Gasteiger partial charge in [-0.2, -0.15) is 0 Å². The number of rotatable bonds is 6. The van der Waals surface area contributed by atoms with Gasteiger partial charge in [-0.3, -0.25) is 15.1 Å². The van der Waals surface area contributed by atoms with Crippen molar-refractivity contribution in [3.05, 3.63) is 41.2 Å². The normalized spacial score (nSPS) is 11.2. The van der Waals surface area contributed by atoms with E-state index in [4.69, 9.17) is 0 Å². The lowest BCUT2D eigenvalue weighted by molar-refractivity contribution is -0.111. The maximum Gasteiger partial charge on any atom is 0.250 e. The van der Waals surface area contributed by atoms with Gasteiger partial charge < -0.3 is 0 Å². The Morgan fingerprint density at radius 2 is 2.14 bits per heavy atom. The number of carbonyl (C=O) groups excluding carboxylic acids is 1. The number of nitrogens with zero attached hydrogens (tertiary/aromatic N) is 3. The van der Waals surface area contributed by atoms with Crippen LogP contribution in [0.1, 0.15) is 43.3 Å². The second-order valence-corrected chi connectivity index (χ2v) is 5.55. The summed E-state index contributed by atoms with van der Waals surface area (Å²) in [7, 11) is 0. The van der Waals surface area contributed by atoms with Gasteiger partial charge in [0.2, 0.25) is 11.0 Å². The average Bonchev–Trinajstić information content (AvgIpc) is 2.96. The van der Waals surface area contributed by atoms with Crippen molar-refractivity contribution in [1.29, 1.82) is 0 Å².